The molecule has 1 nitrogen and oxygen atoms in total. The van der Waals surface area contributed by atoms with Gasteiger partial charge >= 0.3 is 29.6 Å². The van der Waals surface area contributed by atoms with Gasteiger partial charge in [-0.25, -0.2) is 0 Å². The van der Waals surface area contributed by atoms with Crippen molar-refractivity contribution in [1.82, 2.24) is 0 Å². The molecule has 1 aromatic carbocycles. The fourth-order valence-electron chi connectivity index (χ4n) is 0.622. The van der Waals surface area contributed by atoms with Crippen molar-refractivity contribution in [3.8, 4) is 0 Å². The van der Waals surface area contributed by atoms with Gasteiger partial charge in [0.15, 0.2) is 5.05 Å². The van der Waals surface area contributed by atoms with Crippen LogP contribution in [0.4, 0.5) is 0 Å². The molecular weight excluding hydrogens is 187 g/mol. The third-order valence-electron chi connectivity index (χ3n) is 1.09. The van der Waals surface area contributed by atoms with Crippen LogP contribution in [0, 0.1) is 0 Å². The molecule has 0 atom stereocenters. The summed E-state index contributed by atoms with van der Waals surface area (Å²) in [5.41, 5.74) is 0.854. The van der Waals surface area contributed by atoms with Crippen LogP contribution in [0.15, 0.2) is 30.3 Å². The number of benzene rings is 1. The van der Waals surface area contributed by atoms with Crippen LogP contribution >= 0.6 is 12.2 Å². The molecule has 11 heavy (non-hydrogen) atoms. The standard InChI is InChI=1S/C7H6OS2.Na/c9-7(8-10)6-4-2-1-3-5-6;/h1-5,10H;/q;+1/p-1. The predicted molar refractivity (Wildman–Crippen MR) is 46.6 cm³/mol. The van der Waals surface area contributed by atoms with Crippen molar-refractivity contribution >= 4 is 30.2 Å². The summed E-state index contributed by atoms with van der Waals surface area (Å²) in [6.07, 6.45) is 0. The van der Waals surface area contributed by atoms with E-state index in [0.29, 0.717) is 5.05 Å². The molecule has 4 heteroatoms. The van der Waals surface area contributed by atoms with Crippen molar-refractivity contribution in [3.05, 3.63) is 35.9 Å². The molecule has 0 saturated carbocycles. The smallest absolute Gasteiger partial charge is 0.633 e. The molecular formula is C7H5NaOS2. The maximum atomic E-state index is 4.80. The SMILES string of the molecule is S=C(O[S-])c1ccccc1.[Na+]. The minimum Gasteiger partial charge on any atom is -0.633 e. The Morgan fingerprint density at radius 3 is 2.27 bits per heavy atom. The monoisotopic (exact) mass is 192 g/mol. The van der Waals surface area contributed by atoms with E-state index < -0.39 is 0 Å². The second kappa shape index (κ2) is 6.03. The van der Waals surface area contributed by atoms with Gasteiger partial charge in [-0.3, -0.25) is 0 Å². The van der Waals surface area contributed by atoms with Gasteiger partial charge in [0.25, 0.3) is 0 Å². The summed E-state index contributed by atoms with van der Waals surface area (Å²) in [4.78, 5) is 0. The largest absolute Gasteiger partial charge is 1.00 e. The zero-order valence-electron chi connectivity index (χ0n) is 6.11. The Balaban J connectivity index is 0.000001000. The molecule has 0 aliphatic rings. The molecule has 0 heterocycles. The Hall–Kier alpha value is 0.460. The fraction of sp³-hybridized carbons (Fsp3) is 0. The molecule has 0 fully saturated rings. The number of rotatable bonds is 1. The number of hydrogen-bond acceptors (Lipinski definition) is 3. The predicted octanol–water partition coefficient (Wildman–Crippen LogP) is -1.16. The summed E-state index contributed by atoms with van der Waals surface area (Å²) in [5, 5.41) is 0.357. The van der Waals surface area contributed by atoms with Gasteiger partial charge in [-0.05, 0) is 12.2 Å². The van der Waals surface area contributed by atoms with E-state index in [9.17, 15) is 0 Å². The van der Waals surface area contributed by atoms with Crippen LogP contribution in [0.3, 0.4) is 0 Å². The Bertz CT molecular complexity index is 225. The molecule has 0 unspecified atom stereocenters. The van der Waals surface area contributed by atoms with Gasteiger partial charge in [0.1, 0.15) is 0 Å². The first-order chi connectivity index (χ1) is 4.84. The van der Waals surface area contributed by atoms with Crippen LogP contribution < -0.4 is 29.6 Å². The summed E-state index contributed by atoms with van der Waals surface area (Å²) >= 11 is 9.11. The fourth-order valence-corrected chi connectivity index (χ4v) is 0.855. The van der Waals surface area contributed by atoms with E-state index >= 15 is 0 Å². The average Bonchev–Trinajstić information content (AvgIpc) is 2.05. The van der Waals surface area contributed by atoms with E-state index in [1.807, 2.05) is 30.3 Å². The van der Waals surface area contributed by atoms with Crippen LogP contribution in [-0.4, -0.2) is 5.05 Å². The van der Waals surface area contributed by atoms with Gasteiger partial charge in [-0.15, -0.1) is 0 Å². The normalized spacial score (nSPS) is 8.09. The summed E-state index contributed by atoms with van der Waals surface area (Å²) < 4.78 is 4.45. The molecule has 0 radical (unpaired) electrons. The Morgan fingerprint density at radius 2 is 1.82 bits per heavy atom. The molecule has 0 bridgehead atoms. The van der Waals surface area contributed by atoms with E-state index in [1.54, 1.807) is 0 Å². The summed E-state index contributed by atoms with van der Waals surface area (Å²) in [5.74, 6) is 0. The molecule has 0 saturated heterocycles. The zero-order chi connectivity index (χ0) is 7.40. The van der Waals surface area contributed by atoms with Crippen molar-refractivity contribution in [2.75, 3.05) is 0 Å². The van der Waals surface area contributed by atoms with Gasteiger partial charge in [0.05, 0.1) is 0 Å². The van der Waals surface area contributed by atoms with E-state index in [0.717, 1.165) is 5.56 Å². The number of hydrogen-bond donors (Lipinski definition) is 0. The van der Waals surface area contributed by atoms with Crippen molar-refractivity contribution in [3.63, 3.8) is 0 Å². The van der Waals surface area contributed by atoms with Crippen LogP contribution in [0.1, 0.15) is 5.56 Å². The van der Waals surface area contributed by atoms with Crippen molar-refractivity contribution < 1.29 is 33.7 Å². The van der Waals surface area contributed by atoms with E-state index in [1.165, 1.54) is 0 Å². The third-order valence-corrected chi connectivity index (χ3v) is 1.68. The van der Waals surface area contributed by atoms with Gasteiger partial charge in [-0.2, -0.15) is 0 Å². The zero-order valence-corrected chi connectivity index (χ0v) is 9.74. The van der Waals surface area contributed by atoms with Gasteiger partial charge in [0, 0.05) is 5.56 Å². The maximum Gasteiger partial charge on any atom is 1.00 e. The molecule has 1 aromatic rings. The van der Waals surface area contributed by atoms with E-state index in [-0.39, 0.29) is 29.6 Å². The van der Waals surface area contributed by atoms with Crippen molar-refractivity contribution in [2.45, 2.75) is 0 Å². The van der Waals surface area contributed by atoms with E-state index in [4.69, 9.17) is 12.2 Å². The molecule has 52 valence electrons. The quantitative estimate of drug-likeness (QED) is 0.316. The first-order valence-electron chi connectivity index (χ1n) is 2.74. The molecule has 0 N–H and O–H groups in total. The van der Waals surface area contributed by atoms with E-state index in [2.05, 4.69) is 17.1 Å². The van der Waals surface area contributed by atoms with Gasteiger partial charge in [0.2, 0.25) is 0 Å². The van der Waals surface area contributed by atoms with Crippen molar-refractivity contribution in [1.29, 1.82) is 0 Å². The van der Waals surface area contributed by atoms with Crippen LogP contribution in [0.2, 0.25) is 0 Å². The topological polar surface area (TPSA) is 9.23 Å². The van der Waals surface area contributed by atoms with Gasteiger partial charge < -0.3 is 17.1 Å². The second-order valence-corrected chi connectivity index (χ2v) is 2.27. The number of thiocarbonyl (C=S) groups is 1. The summed E-state index contributed by atoms with van der Waals surface area (Å²) in [6.45, 7) is 0. The van der Waals surface area contributed by atoms with Crippen molar-refractivity contribution in [2.24, 2.45) is 0 Å². The first-order valence-corrected chi connectivity index (χ1v) is 3.48. The third kappa shape index (κ3) is 3.58. The first kappa shape index (κ1) is 11.5. The Kier molecular flexibility index (Phi) is 6.28. The minimum atomic E-state index is 0. The van der Waals surface area contributed by atoms with Crippen LogP contribution in [0.5, 0.6) is 0 Å². The maximum absolute atomic E-state index is 4.80. The second-order valence-electron chi connectivity index (χ2n) is 1.74. The molecule has 0 amide bonds. The molecule has 0 aliphatic carbocycles. The summed E-state index contributed by atoms with van der Waals surface area (Å²) in [7, 11) is 0. The Labute approximate surface area is 99.0 Å². The molecule has 0 spiro atoms. The summed E-state index contributed by atoms with van der Waals surface area (Å²) in [6, 6.07) is 9.39. The molecule has 1 rings (SSSR count). The molecule has 0 aliphatic heterocycles. The van der Waals surface area contributed by atoms with Crippen LogP contribution in [0.25, 0.3) is 0 Å². The Morgan fingerprint density at radius 1 is 1.27 bits per heavy atom. The minimum absolute atomic E-state index is 0. The molecule has 0 aromatic heterocycles. The van der Waals surface area contributed by atoms with Crippen LogP contribution in [-0.2, 0) is 17.1 Å². The van der Waals surface area contributed by atoms with Gasteiger partial charge in [-0.1, -0.05) is 30.3 Å². The average molecular weight is 192 g/mol.